The fourth-order valence-corrected chi connectivity index (χ4v) is 1.79. The van der Waals surface area contributed by atoms with Gasteiger partial charge in [0.15, 0.2) is 11.5 Å². The zero-order valence-corrected chi connectivity index (χ0v) is 9.90. The second-order valence-electron chi connectivity index (χ2n) is 4.16. The second-order valence-corrected chi connectivity index (χ2v) is 4.16. The Kier molecular flexibility index (Phi) is 3.67. The molecule has 1 aliphatic heterocycles. The number of fused-ring (bicyclic) bond motifs is 1. The van der Waals surface area contributed by atoms with Gasteiger partial charge in [0.2, 0.25) is 0 Å². The maximum atomic E-state index is 5.90. The van der Waals surface area contributed by atoms with E-state index >= 15 is 0 Å². The van der Waals surface area contributed by atoms with E-state index in [1.165, 1.54) is 0 Å². The van der Waals surface area contributed by atoms with Gasteiger partial charge in [-0.1, -0.05) is 19.1 Å². The Morgan fingerprint density at radius 3 is 2.88 bits per heavy atom. The van der Waals surface area contributed by atoms with Crippen LogP contribution < -0.4 is 14.8 Å². The van der Waals surface area contributed by atoms with E-state index in [-0.39, 0.29) is 6.10 Å². The van der Waals surface area contributed by atoms with Gasteiger partial charge in [-0.05, 0) is 32.0 Å². The predicted molar refractivity (Wildman–Crippen MR) is 64.1 cm³/mol. The van der Waals surface area contributed by atoms with Crippen LogP contribution in [0.2, 0.25) is 0 Å². The molecule has 1 aromatic rings. The number of rotatable bonds is 4. The molecule has 88 valence electrons. The molecule has 3 heteroatoms. The summed E-state index contributed by atoms with van der Waals surface area (Å²) in [6, 6.07) is 8.13. The van der Waals surface area contributed by atoms with Gasteiger partial charge < -0.3 is 14.8 Å². The second kappa shape index (κ2) is 5.21. The monoisotopic (exact) mass is 221 g/mol. The lowest BCUT2D eigenvalue weighted by atomic mass is 10.1. The molecule has 2 rings (SSSR count). The Morgan fingerprint density at radius 2 is 2.12 bits per heavy atom. The van der Waals surface area contributed by atoms with E-state index in [9.17, 15) is 0 Å². The van der Waals surface area contributed by atoms with Crippen LogP contribution in [-0.2, 0) is 0 Å². The third-order valence-corrected chi connectivity index (χ3v) is 2.80. The molecule has 0 amide bonds. The molecule has 0 aromatic heterocycles. The minimum Gasteiger partial charge on any atom is -0.486 e. The first kappa shape index (κ1) is 11.3. The van der Waals surface area contributed by atoms with Crippen LogP contribution in [0.4, 0.5) is 0 Å². The number of benzene rings is 1. The molecule has 0 aliphatic carbocycles. The van der Waals surface area contributed by atoms with Crippen molar-refractivity contribution in [3.63, 3.8) is 0 Å². The van der Waals surface area contributed by atoms with E-state index in [0.29, 0.717) is 12.6 Å². The van der Waals surface area contributed by atoms with E-state index in [1.807, 2.05) is 24.3 Å². The summed E-state index contributed by atoms with van der Waals surface area (Å²) in [5.74, 6) is 1.70. The molecule has 1 heterocycles. The first-order chi connectivity index (χ1) is 7.81. The van der Waals surface area contributed by atoms with Crippen molar-refractivity contribution in [1.82, 2.24) is 5.32 Å². The van der Waals surface area contributed by atoms with Gasteiger partial charge in [0.25, 0.3) is 0 Å². The summed E-state index contributed by atoms with van der Waals surface area (Å²) in [5.41, 5.74) is 0. The van der Waals surface area contributed by atoms with E-state index in [2.05, 4.69) is 19.2 Å². The zero-order chi connectivity index (χ0) is 11.4. The lowest BCUT2D eigenvalue weighted by molar-refractivity contribution is 0.0668. The number of hydrogen-bond acceptors (Lipinski definition) is 3. The normalized spacial score (nSPS) is 20.5. The van der Waals surface area contributed by atoms with Gasteiger partial charge in [0, 0.05) is 6.04 Å². The van der Waals surface area contributed by atoms with Gasteiger partial charge >= 0.3 is 0 Å². The van der Waals surface area contributed by atoms with Crippen molar-refractivity contribution in [2.24, 2.45) is 0 Å². The van der Waals surface area contributed by atoms with Crippen LogP contribution in [0.25, 0.3) is 0 Å². The molecule has 2 unspecified atom stereocenters. The highest BCUT2D eigenvalue weighted by molar-refractivity contribution is 5.40. The Hall–Kier alpha value is -1.22. The Morgan fingerprint density at radius 1 is 1.38 bits per heavy atom. The molecule has 0 saturated carbocycles. The van der Waals surface area contributed by atoms with E-state index in [1.54, 1.807) is 0 Å². The summed E-state index contributed by atoms with van der Waals surface area (Å²) in [4.78, 5) is 0. The maximum Gasteiger partial charge on any atom is 0.161 e. The highest BCUT2D eigenvalue weighted by Crippen LogP contribution is 2.31. The molecule has 2 atom stereocenters. The molecule has 1 N–H and O–H groups in total. The predicted octanol–water partition coefficient (Wildman–Crippen LogP) is 2.21. The van der Waals surface area contributed by atoms with Crippen LogP contribution in [0.15, 0.2) is 24.3 Å². The Balaban J connectivity index is 1.97. The van der Waals surface area contributed by atoms with Crippen LogP contribution in [0.1, 0.15) is 20.3 Å². The first-order valence-electron chi connectivity index (χ1n) is 5.93. The molecule has 0 spiro atoms. The third kappa shape index (κ3) is 2.47. The van der Waals surface area contributed by atoms with Crippen LogP contribution in [0, 0.1) is 0 Å². The fraction of sp³-hybridized carbons (Fsp3) is 0.538. The smallest absolute Gasteiger partial charge is 0.161 e. The summed E-state index contributed by atoms with van der Waals surface area (Å²) < 4.78 is 11.6. The minimum absolute atomic E-state index is 0.0986. The average molecular weight is 221 g/mol. The molecular formula is C13H19NO2. The summed E-state index contributed by atoms with van der Waals surface area (Å²) in [7, 11) is 0. The van der Waals surface area contributed by atoms with Crippen LogP contribution in [-0.4, -0.2) is 25.3 Å². The van der Waals surface area contributed by atoms with Crippen LogP contribution in [0.5, 0.6) is 11.5 Å². The zero-order valence-electron chi connectivity index (χ0n) is 9.90. The molecule has 16 heavy (non-hydrogen) atoms. The van der Waals surface area contributed by atoms with Gasteiger partial charge in [0.05, 0.1) is 0 Å². The van der Waals surface area contributed by atoms with Crippen molar-refractivity contribution in [2.45, 2.75) is 32.4 Å². The topological polar surface area (TPSA) is 30.5 Å². The van der Waals surface area contributed by atoms with Gasteiger partial charge in [-0.2, -0.15) is 0 Å². The van der Waals surface area contributed by atoms with Crippen molar-refractivity contribution in [3.8, 4) is 11.5 Å². The number of nitrogens with one attached hydrogen (secondary N) is 1. The molecule has 0 fully saturated rings. The third-order valence-electron chi connectivity index (χ3n) is 2.80. The molecule has 0 saturated heterocycles. The highest BCUT2D eigenvalue weighted by Gasteiger charge is 2.25. The number of para-hydroxylation sites is 2. The maximum absolute atomic E-state index is 5.90. The summed E-state index contributed by atoms with van der Waals surface area (Å²) >= 11 is 0. The van der Waals surface area contributed by atoms with E-state index in [4.69, 9.17) is 9.47 Å². The van der Waals surface area contributed by atoms with Crippen LogP contribution in [0.3, 0.4) is 0 Å². The average Bonchev–Trinajstić information content (AvgIpc) is 2.35. The van der Waals surface area contributed by atoms with Crippen molar-refractivity contribution < 1.29 is 9.47 Å². The van der Waals surface area contributed by atoms with Crippen molar-refractivity contribution in [1.29, 1.82) is 0 Å². The van der Waals surface area contributed by atoms with E-state index < -0.39 is 0 Å². The summed E-state index contributed by atoms with van der Waals surface area (Å²) in [6.07, 6.45) is 1.23. The molecule has 0 bridgehead atoms. The molecule has 3 nitrogen and oxygen atoms in total. The molecule has 1 aliphatic rings. The molecular weight excluding hydrogens is 202 g/mol. The van der Waals surface area contributed by atoms with Gasteiger partial charge in [-0.3, -0.25) is 0 Å². The van der Waals surface area contributed by atoms with E-state index in [0.717, 1.165) is 24.5 Å². The van der Waals surface area contributed by atoms with Crippen molar-refractivity contribution >= 4 is 0 Å². The highest BCUT2D eigenvalue weighted by atomic mass is 16.6. The quantitative estimate of drug-likeness (QED) is 0.845. The Bertz CT molecular complexity index is 340. The molecule has 1 aromatic carbocycles. The van der Waals surface area contributed by atoms with Gasteiger partial charge in [-0.25, -0.2) is 0 Å². The molecule has 0 radical (unpaired) electrons. The fourth-order valence-electron chi connectivity index (χ4n) is 1.79. The first-order valence-corrected chi connectivity index (χ1v) is 5.93. The lowest BCUT2D eigenvalue weighted by Gasteiger charge is -2.30. The largest absolute Gasteiger partial charge is 0.486 e. The summed E-state index contributed by atoms with van der Waals surface area (Å²) in [6.45, 7) is 5.93. The number of hydrogen-bond donors (Lipinski definition) is 1. The number of ether oxygens (including phenoxy) is 2. The minimum atomic E-state index is 0.0986. The standard InChI is InChI=1S/C13H19NO2/c1-3-8-14-10(2)13-9-15-11-6-4-5-7-12(11)16-13/h4-7,10,13-14H,3,8-9H2,1-2H3. The summed E-state index contributed by atoms with van der Waals surface area (Å²) in [5, 5.41) is 3.43. The van der Waals surface area contributed by atoms with Gasteiger partial charge in [-0.15, -0.1) is 0 Å². The van der Waals surface area contributed by atoms with Gasteiger partial charge in [0.1, 0.15) is 12.7 Å². The van der Waals surface area contributed by atoms with Crippen molar-refractivity contribution in [2.75, 3.05) is 13.2 Å². The lowest BCUT2D eigenvalue weighted by Crippen LogP contribution is -2.46. The van der Waals surface area contributed by atoms with Crippen molar-refractivity contribution in [3.05, 3.63) is 24.3 Å². The van der Waals surface area contributed by atoms with Crippen LogP contribution >= 0.6 is 0 Å². The SMILES string of the molecule is CCCNC(C)C1COc2ccccc2O1. The Labute approximate surface area is 96.8 Å².